The van der Waals surface area contributed by atoms with E-state index in [9.17, 15) is 0 Å². The molecule has 2 aromatic rings. The highest BCUT2D eigenvalue weighted by molar-refractivity contribution is 5.78. The van der Waals surface area contributed by atoms with Gasteiger partial charge < -0.3 is 10.7 Å². The Morgan fingerprint density at radius 2 is 2.05 bits per heavy atom. The third-order valence-electron chi connectivity index (χ3n) is 4.26. The minimum Gasteiger partial charge on any atom is -0.399 e. The average molecular weight is 258 g/mol. The van der Waals surface area contributed by atoms with E-state index in [1.54, 1.807) is 0 Å². The Hall–Kier alpha value is -1.55. The average Bonchev–Trinajstić information content (AvgIpc) is 2.75. The monoisotopic (exact) mass is 258 g/mol. The smallest absolute Gasteiger partial charge is 0.121 e. The molecule has 4 heteroatoms. The van der Waals surface area contributed by atoms with Crippen molar-refractivity contribution >= 4 is 16.7 Å². The molecule has 0 radical (unpaired) electrons. The summed E-state index contributed by atoms with van der Waals surface area (Å²) in [5.74, 6) is 1.04. The number of fused-ring (bicyclic) bond motifs is 1. The number of rotatable bonds is 2. The maximum absolute atomic E-state index is 5.80. The van der Waals surface area contributed by atoms with Crippen molar-refractivity contribution < 1.29 is 0 Å². The van der Waals surface area contributed by atoms with E-state index >= 15 is 0 Å². The van der Waals surface area contributed by atoms with Crippen molar-refractivity contribution in [3.8, 4) is 0 Å². The van der Waals surface area contributed by atoms with Crippen molar-refractivity contribution in [2.75, 3.05) is 5.73 Å². The van der Waals surface area contributed by atoms with Crippen LogP contribution in [0.15, 0.2) is 18.2 Å². The molecular formula is C15H22N4. The second-order valence-electron chi connectivity index (χ2n) is 5.76. The van der Waals surface area contributed by atoms with Gasteiger partial charge in [-0.2, -0.15) is 0 Å². The summed E-state index contributed by atoms with van der Waals surface area (Å²) < 4.78 is 0. The lowest BCUT2D eigenvalue weighted by molar-refractivity contribution is 0.0926. The van der Waals surface area contributed by atoms with Crippen LogP contribution in [-0.2, 0) is 6.54 Å². The largest absolute Gasteiger partial charge is 0.399 e. The predicted octanol–water partition coefficient (Wildman–Crippen LogP) is 2.91. The van der Waals surface area contributed by atoms with Crippen LogP contribution in [0, 0.1) is 0 Å². The van der Waals surface area contributed by atoms with E-state index in [1.165, 1.54) is 19.3 Å². The van der Waals surface area contributed by atoms with Gasteiger partial charge in [0.2, 0.25) is 0 Å². The first-order chi connectivity index (χ1) is 9.13. The number of H-pyrrole nitrogens is 1. The van der Waals surface area contributed by atoms with E-state index in [0.29, 0.717) is 12.1 Å². The number of nitrogen functional groups attached to an aromatic ring is 1. The van der Waals surface area contributed by atoms with E-state index in [4.69, 9.17) is 5.73 Å². The number of nitrogens with one attached hydrogen (secondary N) is 1. The fourth-order valence-corrected chi connectivity index (χ4v) is 3.11. The van der Waals surface area contributed by atoms with Crippen molar-refractivity contribution in [1.29, 1.82) is 0 Å². The molecule has 0 spiro atoms. The molecule has 2 atom stereocenters. The summed E-state index contributed by atoms with van der Waals surface area (Å²) in [6, 6.07) is 7.12. The Labute approximate surface area is 114 Å². The van der Waals surface area contributed by atoms with E-state index in [2.05, 4.69) is 28.7 Å². The first-order valence-electron chi connectivity index (χ1n) is 7.13. The summed E-state index contributed by atoms with van der Waals surface area (Å²) in [4.78, 5) is 10.6. The summed E-state index contributed by atoms with van der Waals surface area (Å²) in [5, 5.41) is 0. The first kappa shape index (κ1) is 12.5. The van der Waals surface area contributed by atoms with Crippen molar-refractivity contribution in [2.45, 2.75) is 51.7 Å². The highest BCUT2D eigenvalue weighted by Gasteiger charge is 2.25. The zero-order valence-corrected chi connectivity index (χ0v) is 11.7. The predicted molar refractivity (Wildman–Crippen MR) is 78.8 cm³/mol. The molecule has 1 saturated heterocycles. The van der Waals surface area contributed by atoms with Crippen LogP contribution in [0.1, 0.15) is 38.9 Å². The molecule has 1 aliphatic heterocycles. The van der Waals surface area contributed by atoms with E-state index in [-0.39, 0.29) is 0 Å². The molecular weight excluding hydrogens is 236 g/mol. The van der Waals surface area contributed by atoms with Gasteiger partial charge in [-0.25, -0.2) is 4.98 Å². The standard InChI is InChI=1S/C15H22N4/c1-10-4-3-5-11(2)19(10)9-15-17-13-7-6-12(16)8-14(13)18-15/h6-8,10-11H,3-5,9,16H2,1-2H3,(H,17,18)/t10-,11+. The molecule has 4 nitrogen and oxygen atoms in total. The van der Waals surface area contributed by atoms with Crippen molar-refractivity contribution in [3.05, 3.63) is 24.0 Å². The number of benzene rings is 1. The minimum absolute atomic E-state index is 0.641. The Kier molecular flexibility index (Phi) is 3.19. The number of imidazole rings is 1. The van der Waals surface area contributed by atoms with Gasteiger partial charge in [-0.15, -0.1) is 0 Å². The van der Waals surface area contributed by atoms with Crippen molar-refractivity contribution in [3.63, 3.8) is 0 Å². The van der Waals surface area contributed by atoms with Crippen LogP contribution in [-0.4, -0.2) is 27.0 Å². The number of aromatic amines is 1. The number of likely N-dealkylation sites (tertiary alicyclic amines) is 1. The number of piperidine rings is 1. The minimum atomic E-state index is 0.641. The van der Waals surface area contributed by atoms with Gasteiger partial charge in [-0.3, -0.25) is 4.90 Å². The molecule has 1 aromatic heterocycles. The van der Waals surface area contributed by atoms with Crippen LogP contribution in [0.5, 0.6) is 0 Å². The normalized spacial score (nSPS) is 24.9. The molecule has 0 aliphatic carbocycles. The number of hydrogen-bond donors (Lipinski definition) is 2. The Bertz CT molecular complexity index is 565. The second-order valence-corrected chi connectivity index (χ2v) is 5.76. The van der Waals surface area contributed by atoms with E-state index < -0.39 is 0 Å². The topological polar surface area (TPSA) is 57.9 Å². The van der Waals surface area contributed by atoms with Gasteiger partial charge >= 0.3 is 0 Å². The molecule has 1 fully saturated rings. The van der Waals surface area contributed by atoms with Crippen LogP contribution < -0.4 is 5.73 Å². The fraction of sp³-hybridized carbons (Fsp3) is 0.533. The number of nitrogens with zero attached hydrogens (tertiary/aromatic N) is 2. The van der Waals surface area contributed by atoms with Gasteiger partial charge in [-0.05, 0) is 44.9 Å². The molecule has 1 aliphatic rings. The quantitative estimate of drug-likeness (QED) is 0.814. The van der Waals surface area contributed by atoms with Crippen LogP contribution >= 0.6 is 0 Å². The van der Waals surface area contributed by atoms with Gasteiger partial charge in [-0.1, -0.05) is 6.42 Å². The summed E-state index contributed by atoms with van der Waals surface area (Å²) in [6.45, 7) is 5.53. The van der Waals surface area contributed by atoms with Crippen LogP contribution in [0.3, 0.4) is 0 Å². The third-order valence-corrected chi connectivity index (χ3v) is 4.26. The van der Waals surface area contributed by atoms with Gasteiger partial charge in [0.05, 0.1) is 17.6 Å². The summed E-state index contributed by atoms with van der Waals surface area (Å²) in [6.07, 6.45) is 3.92. The molecule has 3 N–H and O–H groups in total. The van der Waals surface area contributed by atoms with Crippen molar-refractivity contribution in [1.82, 2.24) is 14.9 Å². The maximum Gasteiger partial charge on any atom is 0.121 e. The fourth-order valence-electron chi connectivity index (χ4n) is 3.11. The van der Waals surface area contributed by atoms with E-state index in [1.807, 2.05) is 18.2 Å². The van der Waals surface area contributed by atoms with Crippen LogP contribution in [0.25, 0.3) is 11.0 Å². The highest BCUT2D eigenvalue weighted by atomic mass is 15.2. The number of nitrogens with two attached hydrogens (primary N) is 1. The number of hydrogen-bond acceptors (Lipinski definition) is 3. The molecule has 0 unspecified atom stereocenters. The lowest BCUT2D eigenvalue weighted by atomic mass is 9.98. The van der Waals surface area contributed by atoms with Gasteiger partial charge in [0.1, 0.15) is 5.82 Å². The Balaban J connectivity index is 1.84. The Morgan fingerprint density at radius 3 is 2.79 bits per heavy atom. The van der Waals surface area contributed by atoms with Crippen molar-refractivity contribution in [2.24, 2.45) is 0 Å². The molecule has 1 aromatic carbocycles. The molecule has 102 valence electrons. The lowest BCUT2D eigenvalue weighted by Gasteiger charge is -2.38. The van der Waals surface area contributed by atoms with Gasteiger partial charge in [0, 0.05) is 17.8 Å². The van der Waals surface area contributed by atoms with Gasteiger partial charge in [0.25, 0.3) is 0 Å². The summed E-state index contributed by atoms with van der Waals surface area (Å²) >= 11 is 0. The lowest BCUT2D eigenvalue weighted by Crippen LogP contribution is -2.43. The molecule has 0 amide bonds. The number of anilines is 1. The van der Waals surface area contributed by atoms with E-state index in [0.717, 1.165) is 29.1 Å². The third kappa shape index (κ3) is 2.45. The molecule has 0 bridgehead atoms. The highest BCUT2D eigenvalue weighted by Crippen LogP contribution is 2.24. The van der Waals surface area contributed by atoms with Crippen LogP contribution in [0.2, 0.25) is 0 Å². The first-order valence-corrected chi connectivity index (χ1v) is 7.13. The maximum atomic E-state index is 5.80. The van der Waals surface area contributed by atoms with Gasteiger partial charge in [0.15, 0.2) is 0 Å². The summed E-state index contributed by atoms with van der Waals surface area (Å²) in [5.41, 5.74) is 8.62. The molecule has 3 rings (SSSR count). The summed E-state index contributed by atoms with van der Waals surface area (Å²) in [7, 11) is 0. The molecule has 2 heterocycles. The second kappa shape index (κ2) is 4.85. The SMILES string of the molecule is C[C@@H]1CCC[C@H](C)N1Cc1nc2ccc(N)cc2[nH]1. The zero-order valence-electron chi connectivity index (χ0n) is 11.7. The van der Waals surface area contributed by atoms with Crippen LogP contribution in [0.4, 0.5) is 5.69 Å². The number of aromatic nitrogens is 2. The zero-order chi connectivity index (χ0) is 13.4. The Morgan fingerprint density at radius 1 is 1.32 bits per heavy atom. The molecule has 19 heavy (non-hydrogen) atoms. The molecule has 0 saturated carbocycles.